The van der Waals surface area contributed by atoms with Crippen molar-refractivity contribution in [3.63, 3.8) is 0 Å². The maximum Gasteiger partial charge on any atom is 0.184 e. The minimum absolute atomic E-state index is 0.364. The average molecular weight is 467 g/mol. The van der Waals surface area contributed by atoms with Crippen LogP contribution in [-0.4, -0.2) is 14.4 Å². The topological polar surface area (TPSA) is 9.23 Å². The van der Waals surface area contributed by atoms with Gasteiger partial charge in [0.2, 0.25) is 0 Å². The second-order valence-electron chi connectivity index (χ2n) is 13.7. The van der Waals surface area contributed by atoms with Gasteiger partial charge in [-0.25, -0.2) is 0 Å². The molecule has 0 radical (unpaired) electrons. The molecule has 0 heterocycles. The Morgan fingerprint density at radius 1 is 1.03 bits per heavy atom. The van der Waals surface area contributed by atoms with Crippen LogP contribution in [0, 0.1) is 40.4 Å². The van der Waals surface area contributed by atoms with Crippen LogP contribution in [0.1, 0.15) is 79.6 Å². The minimum Gasteiger partial charge on any atom is -0.414 e. The van der Waals surface area contributed by atoms with E-state index < -0.39 is 8.32 Å². The Bertz CT molecular complexity index is 855. The summed E-state index contributed by atoms with van der Waals surface area (Å²) in [6, 6.07) is 0. The molecule has 0 amide bonds. The van der Waals surface area contributed by atoms with Gasteiger partial charge in [-0.15, -0.1) is 0 Å². The van der Waals surface area contributed by atoms with Crippen LogP contribution in [0.25, 0.3) is 0 Å². The van der Waals surface area contributed by atoms with Crippen molar-refractivity contribution in [3.8, 4) is 0 Å². The Kier molecular flexibility index (Phi) is 6.86. The Hall–Kier alpha value is -0.863. The third-order valence-corrected chi connectivity index (χ3v) is 11.1. The molecule has 4 aliphatic carbocycles. The zero-order valence-electron chi connectivity index (χ0n) is 22.8. The first-order valence-electron chi connectivity index (χ1n) is 13.8. The van der Waals surface area contributed by atoms with Crippen LogP contribution < -0.4 is 0 Å². The quantitative estimate of drug-likeness (QED) is 0.280. The van der Waals surface area contributed by atoms with Crippen LogP contribution in [0.15, 0.2) is 47.6 Å². The van der Waals surface area contributed by atoms with E-state index in [0.29, 0.717) is 28.8 Å². The van der Waals surface area contributed by atoms with Crippen LogP contribution in [-0.2, 0) is 4.43 Å². The van der Waals surface area contributed by atoms with Gasteiger partial charge in [0.15, 0.2) is 8.32 Å². The molecular weight excluding hydrogens is 416 g/mol. The van der Waals surface area contributed by atoms with Crippen LogP contribution in [0.5, 0.6) is 0 Å². The normalized spacial score (nSPS) is 39.5. The van der Waals surface area contributed by atoms with E-state index in [4.69, 9.17) is 4.43 Å². The van der Waals surface area contributed by atoms with Crippen LogP contribution >= 0.6 is 0 Å². The lowest BCUT2D eigenvalue weighted by Crippen LogP contribution is -2.47. The summed E-state index contributed by atoms with van der Waals surface area (Å²) in [5.74, 6) is 3.49. The molecule has 184 valence electrons. The second-order valence-corrected chi connectivity index (χ2v) is 18.1. The summed E-state index contributed by atoms with van der Waals surface area (Å²) < 4.78 is 6.55. The highest BCUT2D eigenvalue weighted by atomic mass is 28.4. The van der Waals surface area contributed by atoms with Gasteiger partial charge in [0.1, 0.15) is 0 Å². The Morgan fingerprint density at radius 2 is 1.76 bits per heavy atom. The van der Waals surface area contributed by atoms with Crippen molar-refractivity contribution in [3.05, 3.63) is 47.6 Å². The molecule has 0 aliphatic heterocycles. The molecule has 6 unspecified atom stereocenters. The van der Waals surface area contributed by atoms with E-state index >= 15 is 0 Å². The lowest BCUT2D eigenvalue weighted by Gasteiger charge is -2.55. The summed E-state index contributed by atoms with van der Waals surface area (Å²) in [7, 11) is -1.48. The number of fused-ring (bicyclic) bond motifs is 5. The van der Waals surface area contributed by atoms with Gasteiger partial charge in [-0.3, -0.25) is 0 Å². The van der Waals surface area contributed by atoms with E-state index in [1.807, 2.05) is 5.57 Å². The largest absolute Gasteiger partial charge is 0.414 e. The lowest BCUT2D eigenvalue weighted by molar-refractivity contribution is 0.0418. The Labute approximate surface area is 206 Å². The van der Waals surface area contributed by atoms with Crippen molar-refractivity contribution in [2.24, 2.45) is 40.4 Å². The van der Waals surface area contributed by atoms with Gasteiger partial charge in [0, 0.05) is 6.10 Å². The Morgan fingerprint density at radius 3 is 2.42 bits per heavy atom. The van der Waals surface area contributed by atoms with Gasteiger partial charge in [0.05, 0.1) is 0 Å². The fraction of sp³-hybridized carbons (Fsp3) is 0.742. The first-order chi connectivity index (χ1) is 15.3. The molecule has 0 bridgehead atoms. The smallest absolute Gasteiger partial charge is 0.184 e. The van der Waals surface area contributed by atoms with E-state index in [9.17, 15) is 0 Å². The summed E-state index contributed by atoms with van der Waals surface area (Å²) >= 11 is 0. The molecule has 1 nitrogen and oxygen atoms in total. The highest BCUT2D eigenvalue weighted by molar-refractivity contribution is 6.69. The molecule has 2 heteroatoms. The SMILES string of the molecule is C=C(/C=C/C(C)C1CCC2C3=CC=C4C[C@@H](O[Si](C)(C)C)CCC4(C)C3CCC21C)C(C)C. The van der Waals surface area contributed by atoms with Crippen molar-refractivity contribution < 1.29 is 4.43 Å². The molecule has 0 aromatic heterocycles. The third kappa shape index (κ3) is 4.68. The maximum atomic E-state index is 6.55. The molecular formula is C31H50OSi. The molecule has 3 fully saturated rings. The lowest BCUT2D eigenvalue weighted by atomic mass is 9.50. The molecule has 0 spiro atoms. The fourth-order valence-electron chi connectivity index (χ4n) is 8.08. The zero-order valence-corrected chi connectivity index (χ0v) is 23.8. The second kappa shape index (κ2) is 8.97. The van der Waals surface area contributed by atoms with Gasteiger partial charge in [-0.05, 0) is 105 Å². The van der Waals surface area contributed by atoms with Crippen molar-refractivity contribution in [2.75, 3.05) is 0 Å². The predicted molar refractivity (Wildman–Crippen MR) is 146 cm³/mol. The van der Waals surface area contributed by atoms with Gasteiger partial charge >= 0.3 is 0 Å². The van der Waals surface area contributed by atoms with Gasteiger partial charge < -0.3 is 4.43 Å². The number of hydrogen-bond donors (Lipinski definition) is 0. The third-order valence-electron chi connectivity index (χ3n) is 10.1. The molecule has 7 atom stereocenters. The number of hydrogen-bond acceptors (Lipinski definition) is 1. The fourth-order valence-corrected chi connectivity index (χ4v) is 9.28. The zero-order chi connectivity index (χ0) is 24.2. The predicted octanol–water partition coefficient (Wildman–Crippen LogP) is 9.11. The average Bonchev–Trinajstić information content (AvgIpc) is 3.08. The molecule has 33 heavy (non-hydrogen) atoms. The summed E-state index contributed by atoms with van der Waals surface area (Å²) in [5.41, 5.74) is 5.57. The van der Waals surface area contributed by atoms with Crippen molar-refractivity contribution in [1.29, 1.82) is 0 Å². The first kappa shape index (κ1) is 25.2. The molecule has 4 rings (SSSR count). The molecule has 4 aliphatic rings. The first-order valence-corrected chi connectivity index (χ1v) is 17.2. The number of allylic oxidation sites excluding steroid dienone is 6. The van der Waals surface area contributed by atoms with Crippen LogP contribution in [0.4, 0.5) is 0 Å². The molecule has 0 N–H and O–H groups in total. The highest BCUT2D eigenvalue weighted by Gasteiger charge is 2.56. The summed E-state index contributed by atoms with van der Waals surface area (Å²) in [6.07, 6.45) is 19.6. The van der Waals surface area contributed by atoms with E-state index in [0.717, 1.165) is 24.2 Å². The van der Waals surface area contributed by atoms with Crippen molar-refractivity contribution in [1.82, 2.24) is 0 Å². The minimum atomic E-state index is -1.48. The Balaban J connectivity index is 1.54. The summed E-state index contributed by atoms with van der Waals surface area (Å²) in [4.78, 5) is 0. The molecule has 3 saturated carbocycles. The maximum absolute atomic E-state index is 6.55. The van der Waals surface area contributed by atoms with E-state index in [2.05, 4.69) is 85.1 Å². The van der Waals surface area contributed by atoms with E-state index in [1.165, 1.54) is 44.1 Å². The monoisotopic (exact) mass is 466 g/mol. The molecule has 0 aromatic carbocycles. The summed E-state index contributed by atoms with van der Waals surface area (Å²) in [6.45, 7) is 23.5. The molecule has 0 aromatic rings. The van der Waals surface area contributed by atoms with Crippen molar-refractivity contribution >= 4 is 8.32 Å². The van der Waals surface area contributed by atoms with E-state index in [-0.39, 0.29) is 0 Å². The number of rotatable bonds is 6. The van der Waals surface area contributed by atoms with Crippen molar-refractivity contribution in [2.45, 2.75) is 105 Å². The van der Waals surface area contributed by atoms with Gasteiger partial charge in [-0.2, -0.15) is 0 Å². The van der Waals surface area contributed by atoms with E-state index in [1.54, 1.807) is 5.57 Å². The summed E-state index contributed by atoms with van der Waals surface area (Å²) in [5, 5.41) is 0. The van der Waals surface area contributed by atoms with Gasteiger partial charge in [0.25, 0.3) is 0 Å². The van der Waals surface area contributed by atoms with Crippen LogP contribution in [0.2, 0.25) is 19.6 Å². The highest BCUT2D eigenvalue weighted by Crippen LogP contribution is 2.66. The standard InChI is InChI=1S/C31H50OSi/c1-21(2)22(3)10-11-23(4)27-14-15-28-26-13-12-24-20-25(32-33(7,8)9)16-18-30(24,5)29(26)17-19-31(27,28)6/h10-13,21,23,25,27-29H,3,14-20H2,1-2,4-9H3/b11-10+/t23?,25-,27?,28?,29?,30?,31?/m0/s1. The van der Waals surface area contributed by atoms with Crippen LogP contribution in [0.3, 0.4) is 0 Å². The molecule has 0 saturated heterocycles. The van der Waals surface area contributed by atoms with Gasteiger partial charge in [-0.1, -0.05) is 82.2 Å².